The zero-order chi connectivity index (χ0) is 73.4. The van der Waals surface area contributed by atoms with Crippen LogP contribution in [0.25, 0.3) is 0 Å². The standard InChI is InChI=1S/C25H27NO6.C20H25NO6.C15H23NO6.C13H15NO3/c1-31-24(29)20(17-22(27)18-11-5-3-6-12-18)15-9-10-16-21(25(30)32-2)26-23(28)19-13-7-4-8-14-19;1-14(22)13-16(19(24)26-2)11-7-8-12-17(20(25)27-3)21-18(23)15-9-5-4-6-10-15;1-10(17)9-12(14(19)21-3)7-5-6-8-13(15(20)22-4)16-11(2)18;1-3-7-11(13(16)17-2)14-12(15)10-8-5-4-6-9-10/h3-14,20-21H,15-17H2,1-2H3,(H,26,28);4-10,16-17H,11-13H2,1-3H3,(H,21,23);5-6,12-13H,7-9H2,1-4H3,(H,16,18);3-6,8-9,11H,1,7H2,2H3,(H,14,15)/t20-,21+;16-,17+;12-,13+;11-/m1110/s1. The summed E-state index contributed by atoms with van der Waals surface area (Å²) in [5, 5.41) is 10.4. The molecule has 528 valence electrons. The summed E-state index contributed by atoms with van der Waals surface area (Å²) in [5.41, 5.74) is 1.89. The highest BCUT2D eigenvalue weighted by atomic mass is 16.5. The number of ketones is 3. The summed E-state index contributed by atoms with van der Waals surface area (Å²) in [6, 6.07) is 31.3. The molecular formula is C73H90N4O21. The number of amides is 4. The lowest BCUT2D eigenvalue weighted by Crippen LogP contribution is -2.41. The van der Waals surface area contributed by atoms with Crippen LogP contribution in [0.5, 0.6) is 0 Å². The Labute approximate surface area is 571 Å². The Morgan fingerprint density at radius 1 is 0.316 bits per heavy atom. The van der Waals surface area contributed by atoms with Gasteiger partial charge in [-0.3, -0.25) is 38.4 Å². The van der Waals surface area contributed by atoms with Gasteiger partial charge in [0.15, 0.2) is 5.78 Å². The van der Waals surface area contributed by atoms with Gasteiger partial charge in [-0.15, -0.1) is 6.58 Å². The second-order valence-electron chi connectivity index (χ2n) is 21.3. The summed E-state index contributed by atoms with van der Waals surface area (Å²) < 4.78 is 32.9. The number of carbonyl (C=O) groups is 14. The highest BCUT2D eigenvalue weighted by Gasteiger charge is 2.27. The van der Waals surface area contributed by atoms with E-state index in [4.69, 9.17) is 18.9 Å². The third kappa shape index (κ3) is 35.0. The minimum absolute atomic E-state index is 0.00615. The van der Waals surface area contributed by atoms with E-state index in [0.717, 1.165) is 0 Å². The molecule has 0 unspecified atom stereocenters. The maximum absolute atomic E-state index is 12.5. The normalized spacial score (nSPS) is 12.6. The fourth-order valence-corrected chi connectivity index (χ4v) is 8.76. The first-order valence-corrected chi connectivity index (χ1v) is 30.9. The van der Waals surface area contributed by atoms with Crippen LogP contribution in [0, 0.1) is 17.8 Å². The molecule has 0 bridgehead atoms. The second kappa shape index (κ2) is 49.6. The molecule has 0 aliphatic rings. The van der Waals surface area contributed by atoms with Gasteiger partial charge in [0.2, 0.25) is 5.91 Å². The molecule has 0 radical (unpaired) electrons. The van der Waals surface area contributed by atoms with Gasteiger partial charge in [0.25, 0.3) is 17.7 Å². The van der Waals surface area contributed by atoms with E-state index in [1.54, 1.807) is 152 Å². The van der Waals surface area contributed by atoms with Crippen LogP contribution >= 0.6 is 0 Å². The Hall–Kier alpha value is -11.0. The number of methoxy groups -OCH3 is 7. The van der Waals surface area contributed by atoms with Gasteiger partial charge < -0.3 is 64.0 Å². The molecule has 0 saturated heterocycles. The van der Waals surface area contributed by atoms with Crippen LogP contribution in [0.2, 0.25) is 0 Å². The van der Waals surface area contributed by atoms with Gasteiger partial charge in [-0.2, -0.15) is 0 Å². The SMILES string of the molecule is C=CC[C@H](NC(=O)c1ccccc1)C(=O)OC.COC(=O)[C@H](CC=CC[C@H](NC(=O)c1ccccc1)C(=O)OC)CC(=O)c1ccccc1.COC(=O)[C@H](CC=CC[C@H](NC(=O)c1ccccc1)C(=O)OC)CC(C)=O.COC(=O)[C@H](CC=CC[C@H](NC(C)=O)C(=O)OC)CC(C)=O. The molecule has 4 rings (SSSR count). The number of allylic oxidation sites excluding steroid dienone is 3. The van der Waals surface area contributed by atoms with Crippen molar-refractivity contribution in [3.05, 3.63) is 193 Å². The van der Waals surface area contributed by atoms with Gasteiger partial charge in [-0.1, -0.05) is 127 Å². The van der Waals surface area contributed by atoms with E-state index < -0.39 is 89.6 Å². The molecule has 0 fully saturated rings. The van der Waals surface area contributed by atoms with Crippen LogP contribution in [0.15, 0.2) is 170 Å². The van der Waals surface area contributed by atoms with Crippen LogP contribution in [0.4, 0.5) is 0 Å². The second-order valence-corrected chi connectivity index (χ2v) is 21.3. The van der Waals surface area contributed by atoms with Crippen molar-refractivity contribution in [3.63, 3.8) is 0 Å². The van der Waals surface area contributed by atoms with Gasteiger partial charge >= 0.3 is 41.8 Å². The van der Waals surface area contributed by atoms with Gasteiger partial charge in [-0.05, 0) is 95.2 Å². The quantitative estimate of drug-likeness (QED) is 0.0148. The Balaban J connectivity index is 0.000000670. The van der Waals surface area contributed by atoms with E-state index in [2.05, 4.69) is 42.1 Å². The third-order valence-corrected chi connectivity index (χ3v) is 13.8. The number of rotatable bonds is 35. The van der Waals surface area contributed by atoms with Crippen LogP contribution in [0.3, 0.4) is 0 Å². The smallest absolute Gasteiger partial charge is 0.328 e. The van der Waals surface area contributed by atoms with E-state index in [0.29, 0.717) is 41.5 Å². The number of Topliss-reactive ketones (excluding diaryl/α,β-unsaturated/α-hetero) is 3. The first-order chi connectivity index (χ1) is 46.8. The molecule has 0 aliphatic heterocycles. The predicted molar refractivity (Wildman–Crippen MR) is 361 cm³/mol. The summed E-state index contributed by atoms with van der Waals surface area (Å²) in [4.78, 5) is 164. The van der Waals surface area contributed by atoms with E-state index in [-0.39, 0.29) is 80.0 Å². The summed E-state index contributed by atoms with van der Waals surface area (Å²) in [5.74, 6) is -7.14. The number of hydrogen-bond donors (Lipinski definition) is 4. The van der Waals surface area contributed by atoms with Crippen molar-refractivity contribution in [2.45, 2.75) is 109 Å². The van der Waals surface area contributed by atoms with Crippen molar-refractivity contribution in [1.82, 2.24) is 21.3 Å². The lowest BCUT2D eigenvalue weighted by molar-refractivity contribution is -0.147. The average Bonchev–Trinajstić information content (AvgIpc) is 1.07. The summed E-state index contributed by atoms with van der Waals surface area (Å²) in [6.45, 7) is 7.66. The van der Waals surface area contributed by atoms with Gasteiger partial charge in [-0.25, -0.2) is 19.2 Å². The van der Waals surface area contributed by atoms with Crippen molar-refractivity contribution >= 4 is 82.8 Å². The maximum atomic E-state index is 12.5. The Morgan fingerprint density at radius 3 is 0.796 bits per heavy atom. The molecule has 0 heterocycles. The van der Waals surface area contributed by atoms with Gasteiger partial charge in [0.1, 0.15) is 35.7 Å². The van der Waals surface area contributed by atoms with E-state index in [9.17, 15) is 67.1 Å². The number of ether oxygens (including phenoxy) is 7. The largest absolute Gasteiger partial charge is 0.469 e. The summed E-state index contributed by atoms with van der Waals surface area (Å²) in [7, 11) is 8.82. The molecule has 25 nitrogen and oxygen atoms in total. The lowest BCUT2D eigenvalue weighted by atomic mass is 9.95. The zero-order valence-electron chi connectivity index (χ0n) is 57.0. The predicted octanol–water partition coefficient (Wildman–Crippen LogP) is 7.72. The third-order valence-electron chi connectivity index (χ3n) is 13.8. The van der Waals surface area contributed by atoms with Crippen molar-refractivity contribution in [2.24, 2.45) is 17.8 Å². The van der Waals surface area contributed by atoms with Crippen LogP contribution in [0.1, 0.15) is 126 Å². The molecule has 25 heteroatoms. The van der Waals surface area contributed by atoms with E-state index in [1.807, 2.05) is 12.1 Å². The molecule has 7 atom stereocenters. The van der Waals surface area contributed by atoms with Crippen molar-refractivity contribution in [1.29, 1.82) is 0 Å². The number of esters is 7. The van der Waals surface area contributed by atoms with Crippen molar-refractivity contribution in [3.8, 4) is 0 Å². The molecule has 4 aromatic carbocycles. The molecule has 0 saturated carbocycles. The molecular weight excluding hydrogens is 1270 g/mol. The fraction of sp³-hybridized carbons (Fsp3) is 0.370. The molecule has 4 amide bonds. The first kappa shape index (κ1) is 85.0. The molecule has 0 aliphatic carbocycles. The first-order valence-electron chi connectivity index (χ1n) is 30.9. The highest BCUT2D eigenvalue weighted by molar-refractivity contribution is 5.99. The zero-order valence-corrected chi connectivity index (χ0v) is 57.0. The molecule has 0 aromatic heterocycles. The number of benzene rings is 4. The van der Waals surface area contributed by atoms with E-state index in [1.165, 1.54) is 70.5 Å². The highest BCUT2D eigenvalue weighted by Crippen LogP contribution is 2.18. The number of carbonyl (C=O) groups excluding carboxylic acids is 14. The fourth-order valence-electron chi connectivity index (χ4n) is 8.76. The molecule has 4 aromatic rings. The topological polar surface area (TPSA) is 352 Å². The lowest BCUT2D eigenvalue weighted by Gasteiger charge is -2.15. The van der Waals surface area contributed by atoms with Crippen molar-refractivity contribution in [2.75, 3.05) is 49.8 Å². The average molecular weight is 1360 g/mol. The Bertz CT molecular complexity index is 3200. The Kier molecular flexibility index (Phi) is 43.0. The molecule has 98 heavy (non-hydrogen) atoms. The summed E-state index contributed by atoms with van der Waals surface area (Å²) in [6.07, 6.45) is 13.6. The van der Waals surface area contributed by atoms with Gasteiger partial charge in [0, 0.05) is 48.4 Å². The maximum Gasteiger partial charge on any atom is 0.328 e. The minimum Gasteiger partial charge on any atom is -0.469 e. The number of nitrogens with one attached hydrogen (secondary N) is 4. The van der Waals surface area contributed by atoms with Crippen LogP contribution in [-0.4, -0.2) is 157 Å². The molecule has 0 spiro atoms. The monoisotopic (exact) mass is 1360 g/mol. The van der Waals surface area contributed by atoms with E-state index >= 15 is 0 Å². The number of hydrogen-bond acceptors (Lipinski definition) is 21. The van der Waals surface area contributed by atoms with Crippen molar-refractivity contribution < 1.29 is 100 Å². The minimum atomic E-state index is -0.883. The summed E-state index contributed by atoms with van der Waals surface area (Å²) >= 11 is 0. The van der Waals surface area contributed by atoms with Crippen LogP contribution < -0.4 is 21.3 Å². The molecule has 4 N–H and O–H groups in total. The van der Waals surface area contributed by atoms with Crippen LogP contribution in [-0.2, 0) is 81.1 Å². The van der Waals surface area contributed by atoms with Gasteiger partial charge in [0.05, 0.1) is 67.5 Å². The Morgan fingerprint density at radius 2 is 0.551 bits per heavy atom.